The molecule has 2 aromatic carbocycles. The van der Waals surface area contributed by atoms with Crippen LogP contribution in [0.25, 0.3) is 0 Å². The van der Waals surface area contributed by atoms with E-state index < -0.39 is 34.5 Å². The number of esters is 1. The lowest BCUT2D eigenvalue weighted by molar-refractivity contribution is -0.148. The van der Waals surface area contributed by atoms with Gasteiger partial charge in [0.25, 0.3) is 5.91 Å². The number of carbonyl (C=O) groups excluding carboxylic acids is 2. The molecule has 0 fully saturated rings. The van der Waals surface area contributed by atoms with Gasteiger partial charge in [0.1, 0.15) is 6.04 Å². The van der Waals surface area contributed by atoms with E-state index in [-0.39, 0.29) is 4.90 Å². The van der Waals surface area contributed by atoms with Crippen molar-refractivity contribution in [2.75, 3.05) is 11.9 Å². The standard InChI is InChI=1S/C20H23ClN2O5S/c1-12-5-7-16(8-6-12)29(26,27)23-15(4)20(25)28-11-18(24)22-19-14(3)9-13(2)10-17(19)21/h5-10,15,23H,11H2,1-4H3,(H,22,24)/t15-/m0/s1. The van der Waals surface area contributed by atoms with Crippen LogP contribution in [0.5, 0.6) is 0 Å². The van der Waals surface area contributed by atoms with Gasteiger partial charge in [-0.05, 0) is 57.0 Å². The van der Waals surface area contributed by atoms with E-state index in [4.69, 9.17) is 16.3 Å². The Morgan fingerprint density at radius 2 is 1.69 bits per heavy atom. The molecule has 2 rings (SSSR count). The van der Waals surface area contributed by atoms with E-state index in [1.54, 1.807) is 25.1 Å². The normalized spacial score (nSPS) is 12.3. The zero-order valence-electron chi connectivity index (χ0n) is 16.6. The summed E-state index contributed by atoms with van der Waals surface area (Å²) in [5, 5.41) is 2.97. The third kappa shape index (κ3) is 6.28. The Morgan fingerprint density at radius 1 is 1.07 bits per heavy atom. The second kappa shape index (κ2) is 9.39. The molecule has 0 saturated heterocycles. The average molecular weight is 439 g/mol. The molecule has 1 atom stereocenters. The Bertz CT molecular complexity index is 997. The Kier molecular flexibility index (Phi) is 7.40. The highest BCUT2D eigenvalue weighted by atomic mass is 35.5. The van der Waals surface area contributed by atoms with Crippen LogP contribution in [0.1, 0.15) is 23.6 Å². The first kappa shape index (κ1) is 22.9. The molecule has 0 aliphatic rings. The van der Waals surface area contributed by atoms with Gasteiger partial charge in [0, 0.05) is 0 Å². The summed E-state index contributed by atoms with van der Waals surface area (Å²) in [6, 6.07) is 8.58. The van der Waals surface area contributed by atoms with E-state index in [0.29, 0.717) is 10.7 Å². The number of halogens is 1. The summed E-state index contributed by atoms with van der Waals surface area (Å²) in [7, 11) is -3.89. The molecule has 156 valence electrons. The van der Waals surface area contributed by atoms with Crippen molar-refractivity contribution in [3.63, 3.8) is 0 Å². The van der Waals surface area contributed by atoms with Crippen molar-refractivity contribution in [2.45, 2.75) is 38.6 Å². The predicted octanol–water partition coefficient (Wildman–Crippen LogP) is 3.11. The van der Waals surface area contributed by atoms with Gasteiger partial charge in [0.2, 0.25) is 10.0 Å². The van der Waals surface area contributed by atoms with Gasteiger partial charge in [0.05, 0.1) is 15.6 Å². The summed E-state index contributed by atoms with van der Waals surface area (Å²) in [4.78, 5) is 24.2. The highest BCUT2D eigenvalue weighted by Gasteiger charge is 2.23. The van der Waals surface area contributed by atoms with E-state index in [9.17, 15) is 18.0 Å². The summed E-state index contributed by atoms with van der Waals surface area (Å²) in [5.41, 5.74) is 3.07. The SMILES string of the molecule is Cc1ccc(S(=O)(=O)N[C@@H](C)C(=O)OCC(=O)Nc2c(C)cc(C)cc2Cl)cc1. The van der Waals surface area contributed by atoms with Gasteiger partial charge in [-0.3, -0.25) is 9.59 Å². The van der Waals surface area contributed by atoms with E-state index in [2.05, 4.69) is 10.0 Å². The number of carbonyl (C=O) groups is 2. The highest BCUT2D eigenvalue weighted by Crippen LogP contribution is 2.27. The lowest BCUT2D eigenvalue weighted by Crippen LogP contribution is -2.40. The lowest BCUT2D eigenvalue weighted by atomic mass is 10.1. The van der Waals surface area contributed by atoms with E-state index >= 15 is 0 Å². The molecular formula is C20H23ClN2O5S. The molecular weight excluding hydrogens is 416 g/mol. The van der Waals surface area contributed by atoms with Crippen LogP contribution in [0.15, 0.2) is 41.3 Å². The summed E-state index contributed by atoms with van der Waals surface area (Å²) < 4.78 is 31.8. The number of benzene rings is 2. The van der Waals surface area contributed by atoms with Crippen LogP contribution >= 0.6 is 11.6 Å². The molecule has 0 aliphatic heterocycles. The average Bonchev–Trinajstić information content (AvgIpc) is 2.62. The van der Waals surface area contributed by atoms with E-state index in [1.807, 2.05) is 19.9 Å². The first-order valence-electron chi connectivity index (χ1n) is 8.82. The number of anilines is 1. The minimum Gasteiger partial charge on any atom is -0.454 e. The molecule has 7 nitrogen and oxygen atoms in total. The molecule has 29 heavy (non-hydrogen) atoms. The maximum absolute atomic E-state index is 12.3. The van der Waals surface area contributed by atoms with Crippen molar-refractivity contribution >= 4 is 39.2 Å². The Morgan fingerprint density at radius 3 is 2.28 bits per heavy atom. The summed E-state index contributed by atoms with van der Waals surface area (Å²) in [6.07, 6.45) is 0. The van der Waals surface area contributed by atoms with Crippen molar-refractivity contribution in [1.82, 2.24) is 4.72 Å². The number of sulfonamides is 1. The van der Waals surface area contributed by atoms with E-state index in [0.717, 1.165) is 16.7 Å². The van der Waals surface area contributed by atoms with Crippen LogP contribution in [0, 0.1) is 20.8 Å². The lowest BCUT2D eigenvalue weighted by Gasteiger charge is -2.15. The Labute approximate surface area is 175 Å². The van der Waals surface area contributed by atoms with Crippen LogP contribution in [0.2, 0.25) is 5.02 Å². The third-order valence-corrected chi connectivity index (χ3v) is 5.91. The molecule has 0 heterocycles. The number of amides is 1. The fraction of sp³-hybridized carbons (Fsp3) is 0.300. The summed E-state index contributed by atoms with van der Waals surface area (Å²) in [5.74, 6) is -1.46. The zero-order chi connectivity index (χ0) is 21.8. The zero-order valence-corrected chi connectivity index (χ0v) is 18.1. The quantitative estimate of drug-likeness (QED) is 0.647. The largest absolute Gasteiger partial charge is 0.454 e. The number of aryl methyl sites for hydroxylation is 3. The monoisotopic (exact) mass is 438 g/mol. The van der Waals surface area contributed by atoms with Crippen LogP contribution in [-0.4, -0.2) is 32.9 Å². The maximum Gasteiger partial charge on any atom is 0.324 e. The van der Waals surface area contributed by atoms with Crippen molar-refractivity contribution in [3.05, 3.63) is 58.1 Å². The fourth-order valence-electron chi connectivity index (χ4n) is 2.58. The van der Waals surface area contributed by atoms with Crippen molar-refractivity contribution < 1.29 is 22.7 Å². The molecule has 0 saturated carbocycles. The number of hydrogen-bond acceptors (Lipinski definition) is 5. The van der Waals surface area contributed by atoms with Gasteiger partial charge in [0.15, 0.2) is 6.61 Å². The molecule has 1 amide bonds. The molecule has 0 aliphatic carbocycles. The molecule has 0 aromatic heterocycles. The fourth-order valence-corrected chi connectivity index (χ4v) is 4.14. The first-order chi connectivity index (χ1) is 13.5. The minimum absolute atomic E-state index is 0.0324. The second-order valence-electron chi connectivity index (χ2n) is 6.75. The highest BCUT2D eigenvalue weighted by molar-refractivity contribution is 7.89. The van der Waals surface area contributed by atoms with E-state index in [1.165, 1.54) is 19.1 Å². The molecule has 9 heteroatoms. The summed E-state index contributed by atoms with van der Waals surface area (Å²) in [6.45, 7) is 6.28. The summed E-state index contributed by atoms with van der Waals surface area (Å²) >= 11 is 6.13. The van der Waals surface area contributed by atoms with Crippen molar-refractivity contribution in [3.8, 4) is 0 Å². The van der Waals surface area contributed by atoms with Gasteiger partial charge in [-0.15, -0.1) is 0 Å². The van der Waals surface area contributed by atoms with Crippen molar-refractivity contribution in [2.24, 2.45) is 0 Å². The number of rotatable bonds is 7. The van der Waals surface area contributed by atoms with Crippen LogP contribution < -0.4 is 10.0 Å². The molecule has 2 aromatic rings. The van der Waals surface area contributed by atoms with Gasteiger partial charge in [-0.1, -0.05) is 35.4 Å². The maximum atomic E-state index is 12.3. The van der Waals surface area contributed by atoms with Crippen LogP contribution in [0.3, 0.4) is 0 Å². The van der Waals surface area contributed by atoms with Crippen LogP contribution in [-0.2, 0) is 24.3 Å². The smallest absolute Gasteiger partial charge is 0.324 e. The Hall–Kier alpha value is -2.42. The van der Waals surface area contributed by atoms with Gasteiger partial charge in [-0.2, -0.15) is 4.72 Å². The first-order valence-corrected chi connectivity index (χ1v) is 10.7. The molecule has 0 bridgehead atoms. The topological polar surface area (TPSA) is 102 Å². The number of ether oxygens (including phenoxy) is 1. The van der Waals surface area contributed by atoms with Gasteiger partial charge < -0.3 is 10.1 Å². The third-order valence-electron chi connectivity index (χ3n) is 4.06. The second-order valence-corrected chi connectivity index (χ2v) is 8.87. The minimum atomic E-state index is -3.89. The molecule has 2 N–H and O–H groups in total. The molecule has 0 unspecified atom stereocenters. The van der Waals surface area contributed by atoms with Gasteiger partial charge in [-0.25, -0.2) is 8.42 Å². The predicted molar refractivity (Wildman–Crippen MR) is 111 cm³/mol. The number of nitrogens with one attached hydrogen (secondary N) is 2. The van der Waals surface area contributed by atoms with Crippen LogP contribution in [0.4, 0.5) is 5.69 Å². The molecule has 0 spiro atoms. The Balaban J connectivity index is 1.93. The van der Waals surface area contributed by atoms with Crippen molar-refractivity contribution in [1.29, 1.82) is 0 Å². The molecule has 0 radical (unpaired) electrons. The van der Waals surface area contributed by atoms with Gasteiger partial charge >= 0.3 is 5.97 Å². The number of hydrogen-bond donors (Lipinski definition) is 2.